The maximum atomic E-state index is 6.26. The highest BCUT2D eigenvalue weighted by Crippen LogP contribution is 2.35. The van der Waals surface area contributed by atoms with Gasteiger partial charge in [0, 0.05) is 17.1 Å². The minimum absolute atomic E-state index is 0.745. The zero-order valence-electron chi connectivity index (χ0n) is 12.6. The predicted octanol–water partition coefficient (Wildman–Crippen LogP) is 4.13. The molecular formula is C17H20ClNO2. The largest absolute Gasteiger partial charge is 0.497 e. The number of ether oxygens (including phenoxy) is 2. The highest BCUT2D eigenvalue weighted by Gasteiger charge is 2.10. The van der Waals surface area contributed by atoms with E-state index in [0.717, 1.165) is 46.3 Å². The van der Waals surface area contributed by atoms with Crippen LogP contribution in [0.2, 0.25) is 5.02 Å². The zero-order chi connectivity index (χ0) is 15.2. The number of rotatable bonds is 6. The number of hydrogen-bond donors (Lipinski definition) is 1. The molecule has 112 valence electrons. The molecular weight excluding hydrogens is 286 g/mol. The van der Waals surface area contributed by atoms with Crippen LogP contribution in [0.15, 0.2) is 36.4 Å². The van der Waals surface area contributed by atoms with Crippen LogP contribution < -0.4 is 14.8 Å². The monoisotopic (exact) mass is 305 g/mol. The highest BCUT2D eigenvalue weighted by atomic mass is 35.5. The number of benzene rings is 2. The summed E-state index contributed by atoms with van der Waals surface area (Å²) in [5.74, 6) is 1.61. The van der Waals surface area contributed by atoms with Gasteiger partial charge in [-0.05, 0) is 48.0 Å². The molecule has 0 unspecified atom stereocenters. The molecule has 0 saturated heterocycles. The van der Waals surface area contributed by atoms with Gasteiger partial charge in [0.1, 0.15) is 11.5 Å². The quantitative estimate of drug-likeness (QED) is 0.870. The Hall–Kier alpha value is -1.71. The molecule has 0 spiro atoms. The number of nitrogens with one attached hydrogen (secondary N) is 1. The van der Waals surface area contributed by atoms with E-state index in [0.29, 0.717) is 0 Å². The first-order valence-electron chi connectivity index (χ1n) is 6.91. The van der Waals surface area contributed by atoms with Gasteiger partial charge >= 0.3 is 0 Å². The van der Waals surface area contributed by atoms with E-state index in [1.807, 2.05) is 30.3 Å². The van der Waals surface area contributed by atoms with E-state index in [1.165, 1.54) is 0 Å². The van der Waals surface area contributed by atoms with E-state index < -0.39 is 0 Å². The molecule has 2 aromatic rings. The molecule has 0 bridgehead atoms. The van der Waals surface area contributed by atoms with Crippen LogP contribution >= 0.6 is 11.6 Å². The molecule has 0 fully saturated rings. The smallest absolute Gasteiger partial charge is 0.126 e. The van der Waals surface area contributed by atoms with Crippen LogP contribution in [0, 0.1) is 0 Å². The van der Waals surface area contributed by atoms with Gasteiger partial charge in [-0.15, -0.1) is 0 Å². The Labute approximate surface area is 130 Å². The normalized spacial score (nSPS) is 10.5. The van der Waals surface area contributed by atoms with Crippen LogP contribution in [0.3, 0.4) is 0 Å². The van der Waals surface area contributed by atoms with E-state index in [-0.39, 0.29) is 0 Å². The Morgan fingerprint density at radius 2 is 1.86 bits per heavy atom. The molecule has 0 radical (unpaired) electrons. The Balaban J connectivity index is 2.45. The second-order valence-electron chi connectivity index (χ2n) is 4.65. The molecule has 0 aromatic heterocycles. The maximum absolute atomic E-state index is 6.26. The summed E-state index contributed by atoms with van der Waals surface area (Å²) in [5, 5.41) is 4.06. The molecule has 0 heterocycles. The van der Waals surface area contributed by atoms with Gasteiger partial charge in [-0.2, -0.15) is 0 Å². The van der Waals surface area contributed by atoms with Crippen LogP contribution in [-0.2, 0) is 6.54 Å². The fourth-order valence-electron chi connectivity index (χ4n) is 2.18. The molecule has 0 aliphatic rings. The first-order valence-corrected chi connectivity index (χ1v) is 7.29. The third-order valence-corrected chi connectivity index (χ3v) is 3.70. The van der Waals surface area contributed by atoms with Crippen molar-refractivity contribution < 1.29 is 9.47 Å². The van der Waals surface area contributed by atoms with Crippen LogP contribution in [-0.4, -0.2) is 20.8 Å². The van der Waals surface area contributed by atoms with E-state index in [2.05, 4.69) is 18.3 Å². The summed E-state index contributed by atoms with van der Waals surface area (Å²) in [5.41, 5.74) is 3.12. The van der Waals surface area contributed by atoms with E-state index in [9.17, 15) is 0 Å². The van der Waals surface area contributed by atoms with Gasteiger partial charge in [0.05, 0.1) is 14.2 Å². The molecule has 2 rings (SSSR count). The Kier molecular flexibility index (Phi) is 5.48. The summed E-state index contributed by atoms with van der Waals surface area (Å²) >= 11 is 6.26. The van der Waals surface area contributed by atoms with Crippen molar-refractivity contribution in [1.29, 1.82) is 0 Å². The fraction of sp³-hybridized carbons (Fsp3) is 0.294. The summed E-state index contributed by atoms with van der Waals surface area (Å²) in [4.78, 5) is 0. The number of methoxy groups -OCH3 is 2. The second kappa shape index (κ2) is 7.34. The SMILES string of the molecule is CCNCc1cc(-c2cc(OC)ccc2OC)ccc1Cl. The summed E-state index contributed by atoms with van der Waals surface area (Å²) < 4.78 is 10.7. The van der Waals surface area contributed by atoms with Gasteiger partial charge in [0.15, 0.2) is 0 Å². The van der Waals surface area contributed by atoms with Crippen LogP contribution in [0.1, 0.15) is 12.5 Å². The lowest BCUT2D eigenvalue weighted by atomic mass is 10.0. The third-order valence-electron chi connectivity index (χ3n) is 3.33. The first-order chi connectivity index (χ1) is 10.2. The van der Waals surface area contributed by atoms with E-state index >= 15 is 0 Å². The van der Waals surface area contributed by atoms with Gasteiger partial charge in [0.2, 0.25) is 0 Å². The molecule has 0 aliphatic heterocycles. The topological polar surface area (TPSA) is 30.5 Å². The summed E-state index contributed by atoms with van der Waals surface area (Å²) in [6.07, 6.45) is 0. The van der Waals surface area contributed by atoms with Crippen LogP contribution in [0.5, 0.6) is 11.5 Å². The zero-order valence-corrected chi connectivity index (χ0v) is 13.3. The first kappa shape index (κ1) is 15.7. The lowest BCUT2D eigenvalue weighted by Crippen LogP contribution is -2.12. The molecule has 21 heavy (non-hydrogen) atoms. The fourth-order valence-corrected chi connectivity index (χ4v) is 2.36. The summed E-state index contributed by atoms with van der Waals surface area (Å²) in [6.45, 7) is 3.72. The molecule has 4 heteroatoms. The number of halogens is 1. The van der Waals surface area contributed by atoms with Crippen LogP contribution in [0.25, 0.3) is 11.1 Å². The van der Waals surface area contributed by atoms with Crippen molar-refractivity contribution in [3.63, 3.8) is 0 Å². The third kappa shape index (κ3) is 3.69. The van der Waals surface area contributed by atoms with Gasteiger partial charge < -0.3 is 14.8 Å². The average Bonchev–Trinajstić information content (AvgIpc) is 2.53. The lowest BCUT2D eigenvalue weighted by molar-refractivity contribution is 0.404. The van der Waals surface area contributed by atoms with Crippen molar-refractivity contribution in [2.24, 2.45) is 0 Å². The van der Waals surface area contributed by atoms with Crippen molar-refractivity contribution in [3.8, 4) is 22.6 Å². The van der Waals surface area contributed by atoms with Crippen LogP contribution in [0.4, 0.5) is 0 Å². The molecule has 1 N–H and O–H groups in total. The van der Waals surface area contributed by atoms with Gasteiger partial charge in [-0.1, -0.05) is 24.6 Å². The molecule has 0 aliphatic carbocycles. The van der Waals surface area contributed by atoms with Gasteiger partial charge in [-0.3, -0.25) is 0 Å². The van der Waals surface area contributed by atoms with E-state index in [1.54, 1.807) is 14.2 Å². The second-order valence-corrected chi connectivity index (χ2v) is 5.06. The average molecular weight is 306 g/mol. The maximum Gasteiger partial charge on any atom is 0.126 e. The minimum atomic E-state index is 0.745. The van der Waals surface area contributed by atoms with Crippen molar-refractivity contribution >= 4 is 11.6 Å². The van der Waals surface area contributed by atoms with Crippen molar-refractivity contribution in [3.05, 3.63) is 47.0 Å². The summed E-state index contributed by atoms with van der Waals surface area (Å²) in [7, 11) is 3.32. The number of hydrogen-bond acceptors (Lipinski definition) is 3. The molecule has 3 nitrogen and oxygen atoms in total. The van der Waals surface area contributed by atoms with E-state index in [4.69, 9.17) is 21.1 Å². The predicted molar refractivity (Wildman–Crippen MR) is 87.4 cm³/mol. The van der Waals surface area contributed by atoms with Crippen molar-refractivity contribution in [2.75, 3.05) is 20.8 Å². The minimum Gasteiger partial charge on any atom is -0.497 e. The molecule has 0 atom stereocenters. The highest BCUT2D eigenvalue weighted by molar-refractivity contribution is 6.31. The Morgan fingerprint density at radius 1 is 1.05 bits per heavy atom. The Bertz CT molecular complexity index is 614. The van der Waals surface area contributed by atoms with Crippen molar-refractivity contribution in [2.45, 2.75) is 13.5 Å². The molecule has 0 amide bonds. The standard InChI is InChI=1S/C17H20ClNO2/c1-4-19-11-13-9-12(5-7-16(13)18)15-10-14(20-2)6-8-17(15)21-3/h5-10,19H,4,11H2,1-3H3. The van der Waals surface area contributed by atoms with Crippen molar-refractivity contribution in [1.82, 2.24) is 5.32 Å². The lowest BCUT2D eigenvalue weighted by Gasteiger charge is -2.13. The molecule has 2 aromatic carbocycles. The van der Waals surface area contributed by atoms with Gasteiger partial charge in [0.25, 0.3) is 0 Å². The molecule has 0 saturated carbocycles. The Morgan fingerprint density at radius 3 is 2.52 bits per heavy atom. The summed E-state index contributed by atoms with van der Waals surface area (Å²) in [6, 6.07) is 11.8. The van der Waals surface area contributed by atoms with Gasteiger partial charge in [-0.25, -0.2) is 0 Å².